The van der Waals surface area contributed by atoms with Gasteiger partial charge >= 0.3 is 5.97 Å². The van der Waals surface area contributed by atoms with Crippen LogP contribution in [0.4, 0.5) is 0 Å². The molecule has 4 nitrogen and oxygen atoms in total. The van der Waals surface area contributed by atoms with Gasteiger partial charge in [0.2, 0.25) is 0 Å². The van der Waals surface area contributed by atoms with Crippen molar-refractivity contribution >= 4 is 17.6 Å². The van der Waals surface area contributed by atoms with E-state index in [-0.39, 0.29) is 5.88 Å². The van der Waals surface area contributed by atoms with E-state index in [2.05, 4.69) is 4.74 Å². The Morgan fingerprint density at radius 3 is 2.62 bits per heavy atom. The lowest BCUT2D eigenvalue weighted by molar-refractivity contribution is 0.0600. The lowest BCUT2D eigenvalue weighted by atomic mass is 10.0. The van der Waals surface area contributed by atoms with Gasteiger partial charge in [0.1, 0.15) is 11.8 Å². The number of alkyl halides is 1. The molecule has 0 spiro atoms. The number of hydrogen-bond donors (Lipinski definition) is 0. The van der Waals surface area contributed by atoms with Gasteiger partial charge in [0.15, 0.2) is 0 Å². The van der Waals surface area contributed by atoms with Gasteiger partial charge in [-0.25, -0.2) is 4.79 Å². The molecule has 5 heteroatoms. The number of benzene rings is 1. The molecule has 0 aliphatic heterocycles. The number of nitriles is 1. The maximum atomic E-state index is 11.3. The summed E-state index contributed by atoms with van der Waals surface area (Å²) in [5.74, 6) is -0.0420. The zero-order valence-corrected chi connectivity index (χ0v) is 9.67. The summed E-state index contributed by atoms with van der Waals surface area (Å²) >= 11 is 5.70. The van der Waals surface area contributed by atoms with Crippen LogP contribution in [0.25, 0.3) is 0 Å². The first-order valence-electron chi connectivity index (χ1n) is 4.43. The zero-order valence-electron chi connectivity index (χ0n) is 8.91. The van der Waals surface area contributed by atoms with Crippen LogP contribution in [0.1, 0.15) is 21.5 Å². The summed E-state index contributed by atoms with van der Waals surface area (Å²) in [7, 11) is 2.71. The van der Waals surface area contributed by atoms with E-state index >= 15 is 0 Å². The van der Waals surface area contributed by atoms with Crippen molar-refractivity contribution < 1.29 is 14.3 Å². The number of carbonyl (C=O) groups excluding carboxylic acids is 1. The molecule has 0 amide bonds. The summed E-state index contributed by atoms with van der Waals surface area (Å²) < 4.78 is 9.61. The van der Waals surface area contributed by atoms with Gasteiger partial charge in [0.25, 0.3) is 0 Å². The molecule has 0 heterocycles. The Morgan fingerprint density at radius 1 is 1.50 bits per heavy atom. The molecule has 0 saturated heterocycles. The lowest BCUT2D eigenvalue weighted by Crippen LogP contribution is -2.04. The molecular formula is C11H10ClNO3. The van der Waals surface area contributed by atoms with Crippen molar-refractivity contribution in [2.24, 2.45) is 0 Å². The molecule has 0 aromatic heterocycles. The first-order chi connectivity index (χ1) is 7.67. The van der Waals surface area contributed by atoms with Crippen LogP contribution < -0.4 is 4.74 Å². The smallest absolute Gasteiger partial charge is 0.337 e. The Morgan fingerprint density at radius 2 is 2.19 bits per heavy atom. The van der Waals surface area contributed by atoms with Gasteiger partial charge in [0.05, 0.1) is 25.3 Å². The van der Waals surface area contributed by atoms with Crippen molar-refractivity contribution in [3.8, 4) is 11.8 Å². The third-order valence-corrected chi connectivity index (χ3v) is 2.37. The van der Waals surface area contributed by atoms with Crippen LogP contribution in [0.3, 0.4) is 0 Å². The van der Waals surface area contributed by atoms with Crippen LogP contribution in [0.15, 0.2) is 12.1 Å². The molecule has 0 atom stereocenters. The molecule has 0 fully saturated rings. The molecule has 1 rings (SSSR count). The second-order valence-electron chi connectivity index (χ2n) is 2.95. The standard InChI is InChI=1S/C11H10ClNO3/c1-15-10-4-7(11(14)16-2)3-8(5-12)9(10)6-13/h3-4H,5H2,1-2H3. The number of hydrogen-bond acceptors (Lipinski definition) is 4. The molecular weight excluding hydrogens is 230 g/mol. The van der Waals surface area contributed by atoms with E-state index in [0.717, 1.165) is 0 Å². The summed E-state index contributed by atoms with van der Waals surface area (Å²) in [6, 6.07) is 4.98. The minimum absolute atomic E-state index is 0.129. The zero-order chi connectivity index (χ0) is 12.1. The third-order valence-electron chi connectivity index (χ3n) is 2.08. The predicted octanol–water partition coefficient (Wildman–Crippen LogP) is 2.09. The van der Waals surface area contributed by atoms with Gasteiger partial charge in [-0.3, -0.25) is 0 Å². The number of halogens is 1. The second kappa shape index (κ2) is 5.38. The topological polar surface area (TPSA) is 59.3 Å². The molecule has 1 aromatic carbocycles. The fourth-order valence-corrected chi connectivity index (χ4v) is 1.51. The average Bonchev–Trinajstić information content (AvgIpc) is 2.35. The van der Waals surface area contributed by atoms with Gasteiger partial charge in [-0.2, -0.15) is 5.26 Å². The van der Waals surface area contributed by atoms with Crippen molar-refractivity contribution in [1.82, 2.24) is 0 Å². The second-order valence-corrected chi connectivity index (χ2v) is 3.22. The predicted molar refractivity (Wildman–Crippen MR) is 58.6 cm³/mol. The van der Waals surface area contributed by atoms with Crippen LogP contribution in [-0.4, -0.2) is 20.2 Å². The van der Waals surface area contributed by atoms with E-state index < -0.39 is 5.97 Å². The maximum Gasteiger partial charge on any atom is 0.337 e. The van der Waals surface area contributed by atoms with Crippen molar-refractivity contribution in [1.29, 1.82) is 5.26 Å². The molecule has 16 heavy (non-hydrogen) atoms. The van der Waals surface area contributed by atoms with E-state index in [1.165, 1.54) is 26.4 Å². The summed E-state index contributed by atoms with van der Waals surface area (Å²) in [4.78, 5) is 11.3. The number of ether oxygens (including phenoxy) is 2. The quantitative estimate of drug-likeness (QED) is 0.599. The van der Waals surface area contributed by atoms with Crippen molar-refractivity contribution in [3.63, 3.8) is 0 Å². The van der Waals surface area contributed by atoms with Gasteiger partial charge in [-0.1, -0.05) is 0 Å². The SMILES string of the molecule is COC(=O)c1cc(CCl)c(C#N)c(OC)c1. The molecule has 84 valence electrons. The van der Waals surface area contributed by atoms with Crippen molar-refractivity contribution in [3.05, 3.63) is 28.8 Å². The Bertz CT molecular complexity index is 426. The monoisotopic (exact) mass is 239 g/mol. The Hall–Kier alpha value is -1.73. The number of methoxy groups -OCH3 is 2. The average molecular weight is 240 g/mol. The highest BCUT2D eigenvalue weighted by Crippen LogP contribution is 2.25. The molecule has 0 bridgehead atoms. The molecule has 0 aliphatic carbocycles. The largest absolute Gasteiger partial charge is 0.495 e. The van der Waals surface area contributed by atoms with Crippen LogP contribution in [0.5, 0.6) is 5.75 Å². The minimum Gasteiger partial charge on any atom is -0.495 e. The first-order valence-corrected chi connectivity index (χ1v) is 4.96. The highest BCUT2D eigenvalue weighted by Gasteiger charge is 2.14. The summed E-state index contributed by atoms with van der Waals surface area (Å²) in [6.45, 7) is 0. The highest BCUT2D eigenvalue weighted by atomic mass is 35.5. The summed E-state index contributed by atoms with van der Waals surface area (Å²) in [5, 5.41) is 8.94. The fraction of sp³-hybridized carbons (Fsp3) is 0.273. The molecule has 1 aromatic rings. The maximum absolute atomic E-state index is 11.3. The Balaban J connectivity index is 3.38. The molecule has 0 saturated carbocycles. The van der Waals surface area contributed by atoms with E-state index in [1.807, 2.05) is 6.07 Å². The van der Waals surface area contributed by atoms with E-state index in [1.54, 1.807) is 0 Å². The third kappa shape index (κ3) is 2.26. The van der Waals surface area contributed by atoms with Crippen molar-refractivity contribution in [2.75, 3.05) is 14.2 Å². The van der Waals surface area contributed by atoms with Crippen LogP contribution in [-0.2, 0) is 10.6 Å². The molecule has 0 N–H and O–H groups in total. The summed E-state index contributed by atoms with van der Waals surface area (Å²) in [6.07, 6.45) is 0. The summed E-state index contributed by atoms with van der Waals surface area (Å²) in [5.41, 5.74) is 1.20. The highest BCUT2D eigenvalue weighted by molar-refractivity contribution is 6.17. The first kappa shape index (κ1) is 12.3. The number of nitrogens with zero attached hydrogens (tertiary/aromatic N) is 1. The Labute approximate surface area is 98.3 Å². The van der Waals surface area contributed by atoms with Gasteiger partial charge in [-0.15, -0.1) is 11.6 Å². The van der Waals surface area contributed by atoms with Crippen LogP contribution in [0.2, 0.25) is 0 Å². The number of esters is 1. The number of carbonyl (C=O) groups is 1. The molecule has 0 unspecified atom stereocenters. The van der Waals surface area contributed by atoms with Gasteiger partial charge in [-0.05, 0) is 17.7 Å². The van der Waals surface area contributed by atoms with Crippen LogP contribution in [0, 0.1) is 11.3 Å². The molecule has 0 aliphatic rings. The van der Waals surface area contributed by atoms with Crippen molar-refractivity contribution in [2.45, 2.75) is 5.88 Å². The normalized spacial score (nSPS) is 9.38. The van der Waals surface area contributed by atoms with E-state index in [9.17, 15) is 4.79 Å². The van der Waals surface area contributed by atoms with Crippen LogP contribution >= 0.6 is 11.6 Å². The minimum atomic E-state index is -0.492. The van der Waals surface area contributed by atoms with E-state index in [0.29, 0.717) is 22.4 Å². The fourth-order valence-electron chi connectivity index (χ4n) is 1.30. The van der Waals surface area contributed by atoms with Gasteiger partial charge < -0.3 is 9.47 Å². The van der Waals surface area contributed by atoms with Gasteiger partial charge in [0, 0.05) is 5.88 Å². The Kier molecular flexibility index (Phi) is 4.15. The molecule has 0 radical (unpaired) electrons. The number of rotatable bonds is 3. The van der Waals surface area contributed by atoms with E-state index in [4.69, 9.17) is 21.6 Å². The lowest BCUT2D eigenvalue weighted by Gasteiger charge is -2.09.